The Labute approximate surface area is 79.0 Å². The molecule has 0 spiro atoms. The Morgan fingerprint density at radius 3 is 2.42 bits per heavy atom. The van der Waals surface area contributed by atoms with Crippen molar-refractivity contribution >= 4 is 27.3 Å². The van der Waals surface area contributed by atoms with Crippen LogP contribution in [0.2, 0.25) is 0 Å². The Balaban J connectivity index is 2.85. The highest BCUT2D eigenvalue weighted by atomic mass is 79.9. The van der Waals surface area contributed by atoms with E-state index < -0.39 is 12.3 Å². The maximum absolute atomic E-state index is 11.9. The van der Waals surface area contributed by atoms with Crippen molar-refractivity contribution in [3.8, 4) is 0 Å². The summed E-state index contributed by atoms with van der Waals surface area (Å²) in [5.41, 5.74) is -0.126. The van der Waals surface area contributed by atoms with Crippen LogP contribution in [0.15, 0.2) is 15.2 Å². The van der Waals surface area contributed by atoms with Crippen LogP contribution in [0.3, 0.4) is 0 Å². The first-order chi connectivity index (χ1) is 5.41. The van der Waals surface area contributed by atoms with Crippen molar-refractivity contribution in [2.24, 2.45) is 0 Å². The molecule has 0 saturated carbocycles. The lowest BCUT2D eigenvalue weighted by Crippen LogP contribution is -2.19. The van der Waals surface area contributed by atoms with E-state index in [0.717, 1.165) is 11.3 Å². The van der Waals surface area contributed by atoms with E-state index in [2.05, 4.69) is 15.9 Å². The van der Waals surface area contributed by atoms with Gasteiger partial charge in [-0.05, 0) is 27.4 Å². The number of thiophene rings is 1. The molecule has 0 aliphatic heterocycles. The summed E-state index contributed by atoms with van der Waals surface area (Å²) in [6, 6.07) is 1.25. The molecule has 1 heterocycles. The molecule has 0 aliphatic rings. The fraction of sp³-hybridized carbons (Fsp3) is 0.333. The molecular weight excluding hydrogens is 257 g/mol. The zero-order valence-corrected chi connectivity index (χ0v) is 8.00. The van der Waals surface area contributed by atoms with Gasteiger partial charge in [-0.3, -0.25) is 0 Å². The Morgan fingerprint density at radius 2 is 2.08 bits per heavy atom. The van der Waals surface area contributed by atoms with Gasteiger partial charge in [-0.15, -0.1) is 11.3 Å². The molecule has 1 N–H and O–H groups in total. The van der Waals surface area contributed by atoms with Crippen molar-refractivity contribution in [1.82, 2.24) is 0 Å². The third-order valence-electron chi connectivity index (χ3n) is 1.21. The van der Waals surface area contributed by atoms with Gasteiger partial charge in [0.05, 0.1) is 3.79 Å². The van der Waals surface area contributed by atoms with Gasteiger partial charge in [-0.1, -0.05) is 0 Å². The molecule has 0 amide bonds. The van der Waals surface area contributed by atoms with E-state index in [4.69, 9.17) is 5.11 Å². The average Bonchev–Trinajstić information content (AvgIpc) is 2.32. The molecule has 0 unspecified atom stereocenters. The predicted octanol–water partition coefficient (Wildman–Crippen LogP) is 3.11. The molecule has 68 valence electrons. The number of hydrogen-bond acceptors (Lipinski definition) is 2. The summed E-state index contributed by atoms with van der Waals surface area (Å²) in [5.74, 6) is 0. The molecule has 1 atom stereocenters. The van der Waals surface area contributed by atoms with Crippen LogP contribution in [0.1, 0.15) is 11.7 Å². The zero-order valence-electron chi connectivity index (χ0n) is 5.60. The number of aliphatic hydroxyl groups excluding tert-OH is 1. The topological polar surface area (TPSA) is 20.2 Å². The highest BCUT2D eigenvalue weighted by Crippen LogP contribution is 2.35. The van der Waals surface area contributed by atoms with Gasteiger partial charge < -0.3 is 5.11 Å². The molecule has 1 nitrogen and oxygen atoms in total. The van der Waals surface area contributed by atoms with E-state index in [0.29, 0.717) is 3.79 Å². The van der Waals surface area contributed by atoms with Gasteiger partial charge in [0.15, 0.2) is 6.10 Å². The van der Waals surface area contributed by atoms with E-state index >= 15 is 0 Å². The summed E-state index contributed by atoms with van der Waals surface area (Å²) < 4.78 is 36.2. The lowest BCUT2D eigenvalue weighted by atomic mass is 10.2. The molecule has 1 aromatic heterocycles. The Morgan fingerprint density at radius 1 is 1.50 bits per heavy atom. The van der Waals surface area contributed by atoms with Crippen LogP contribution in [0, 0.1) is 0 Å². The Bertz CT molecular complexity index is 270. The van der Waals surface area contributed by atoms with Crippen LogP contribution >= 0.6 is 27.3 Å². The Hall–Kier alpha value is -0.0700. The van der Waals surface area contributed by atoms with Crippen LogP contribution in [-0.4, -0.2) is 11.3 Å². The number of hydrogen-bond donors (Lipinski definition) is 1. The third-order valence-corrected chi connectivity index (χ3v) is 2.74. The molecule has 0 aromatic carbocycles. The van der Waals surface area contributed by atoms with Gasteiger partial charge in [0.2, 0.25) is 0 Å². The van der Waals surface area contributed by atoms with Gasteiger partial charge in [0, 0.05) is 5.56 Å². The molecule has 0 saturated heterocycles. The lowest BCUT2D eigenvalue weighted by molar-refractivity contribution is -0.206. The number of halogens is 4. The van der Waals surface area contributed by atoms with Gasteiger partial charge in [0.1, 0.15) is 0 Å². The summed E-state index contributed by atoms with van der Waals surface area (Å²) in [5, 5.41) is 10.00. The van der Waals surface area contributed by atoms with E-state index in [9.17, 15) is 13.2 Å². The summed E-state index contributed by atoms with van der Waals surface area (Å²) in [7, 11) is 0. The monoisotopic (exact) mass is 260 g/mol. The quantitative estimate of drug-likeness (QED) is 0.823. The predicted molar refractivity (Wildman–Crippen MR) is 43.0 cm³/mol. The minimum atomic E-state index is -4.58. The largest absolute Gasteiger partial charge is 0.418 e. The highest BCUT2D eigenvalue weighted by Gasteiger charge is 2.39. The number of rotatable bonds is 1. The van der Waals surface area contributed by atoms with Crippen LogP contribution < -0.4 is 0 Å². The van der Waals surface area contributed by atoms with Gasteiger partial charge in [-0.2, -0.15) is 13.2 Å². The molecule has 0 radical (unpaired) electrons. The molecule has 1 rings (SSSR count). The Kier molecular flexibility index (Phi) is 2.80. The van der Waals surface area contributed by atoms with Crippen molar-refractivity contribution in [3.05, 3.63) is 20.8 Å². The molecule has 12 heavy (non-hydrogen) atoms. The second kappa shape index (κ2) is 3.35. The van der Waals surface area contributed by atoms with E-state index in [1.807, 2.05) is 0 Å². The van der Waals surface area contributed by atoms with Crippen molar-refractivity contribution in [1.29, 1.82) is 0 Å². The first-order valence-electron chi connectivity index (χ1n) is 2.90. The highest BCUT2D eigenvalue weighted by molar-refractivity contribution is 9.11. The minimum absolute atomic E-state index is 0.126. The third kappa shape index (κ3) is 2.21. The van der Waals surface area contributed by atoms with E-state index in [1.54, 1.807) is 0 Å². The maximum Gasteiger partial charge on any atom is 0.418 e. The molecule has 0 fully saturated rings. The summed E-state index contributed by atoms with van der Waals surface area (Å²) in [4.78, 5) is 0. The summed E-state index contributed by atoms with van der Waals surface area (Å²) in [6.45, 7) is 0. The standard InChI is InChI=1S/C6H4BrF3OS/c7-4-1-3(2-12-4)5(11)6(8,9)10/h1-2,5,11H/t5-/m1/s1. The zero-order chi connectivity index (χ0) is 9.35. The number of alkyl halides is 3. The summed E-state index contributed by atoms with van der Waals surface area (Å²) in [6.07, 6.45) is -6.96. The normalized spacial score (nSPS) is 14.8. The van der Waals surface area contributed by atoms with Gasteiger partial charge >= 0.3 is 6.18 Å². The smallest absolute Gasteiger partial charge is 0.379 e. The van der Waals surface area contributed by atoms with Crippen molar-refractivity contribution in [3.63, 3.8) is 0 Å². The number of aliphatic hydroxyl groups is 1. The summed E-state index contributed by atoms with van der Waals surface area (Å²) >= 11 is 4.11. The fourth-order valence-corrected chi connectivity index (χ4v) is 1.85. The van der Waals surface area contributed by atoms with Gasteiger partial charge in [-0.25, -0.2) is 0 Å². The average molecular weight is 261 g/mol. The lowest BCUT2D eigenvalue weighted by Gasteiger charge is -2.12. The molecule has 0 bridgehead atoms. The van der Waals surface area contributed by atoms with Crippen molar-refractivity contribution < 1.29 is 18.3 Å². The minimum Gasteiger partial charge on any atom is -0.379 e. The van der Waals surface area contributed by atoms with Crippen LogP contribution in [0.5, 0.6) is 0 Å². The molecule has 6 heteroatoms. The van der Waals surface area contributed by atoms with Crippen molar-refractivity contribution in [2.75, 3.05) is 0 Å². The molecule has 1 aromatic rings. The molecular formula is C6H4BrF3OS. The van der Waals surface area contributed by atoms with Crippen LogP contribution in [-0.2, 0) is 0 Å². The SMILES string of the molecule is O[C@H](c1csc(Br)c1)C(F)(F)F. The first kappa shape index (κ1) is 10.0. The first-order valence-corrected chi connectivity index (χ1v) is 4.57. The second-order valence-electron chi connectivity index (χ2n) is 2.13. The molecule has 0 aliphatic carbocycles. The van der Waals surface area contributed by atoms with E-state index in [-0.39, 0.29) is 5.56 Å². The van der Waals surface area contributed by atoms with Gasteiger partial charge in [0.25, 0.3) is 0 Å². The van der Waals surface area contributed by atoms with Crippen molar-refractivity contribution in [2.45, 2.75) is 12.3 Å². The second-order valence-corrected chi connectivity index (χ2v) is 4.42. The van der Waals surface area contributed by atoms with E-state index in [1.165, 1.54) is 11.4 Å². The van der Waals surface area contributed by atoms with Crippen LogP contribution in [0.25, 0.3) is 0 Å². The van der Waals surface area contributed by atoms with Crippen LogP contribution in [0.4, 0.5) is 13.2 Å². The maximum atomic E-state index is 11.9. The fourth-order valence-electron chi connectivity index (χ4n) is 0.656.